The summed E-state index contributed by atoms with van der Waals surface area (Å²) < 4.78 is 32.5. The number of hydrogen-bond donors (Lipinski definition) is 2. The third-order valence-corrected chi connectivity index (χ3v) is 7.79. The summed E-state index contributed by atoms with van der Waals surface area (Å²) in [6.45, 7) is 4.17. The molecule has 2 aliphatic rings. The van der Waals surface area contributed by atoms with Gasteiger partial charge in [0.25, 0.3) is 0 Å². The van der Waals surface area contributed by atoms with Crippen LogP contribution in [0.3, 0.4) is 0 Å². The minimum absolute atomic E-state index is 0.0727. The van der Waals surface area contributed by atoms with Crippen LogP contribution >= 0.6 is 11.8 Å². The molecule has 152 valence electrons. The summed E-state index contributed by atoms with van der Waals surface area (Å²) in [7, 11) is -3.89. The van der Waals surface area contributed by atoms with E-state index in [2.05, 4.69) is 0 Å². The monoisotopic (exact) mass is 425 g/mol. The largest absolute Gasteiger partial charge is 0.458 e. The van der Waals surface area contributed by atoms with Crippen LogP contribution in [-0.4, -0.2) is 58.5 Å². The molecule has 10 heteroatoms. The van der Waals surface area contributed by atoms with Crippen LogP contribution in [0.15, 0.2) is 53.3 Å². The Bertz CT molecular complexity index is 910. The number of allylic oxidation sites excluding steroid dienone is 1. The highest BCUT2D eigenvalue weighted by Gasteiger charge is 2.47. The van der Waals surface area contributed by atoms with Crippen LogP contribution in [0, 0.1) is 0 Å². The second-order valence-electron chi connectivity index (χ2n) is 6.99. The highest BCUT2D eigenvalue weighted by molar-refractivity contribution is 8.00. The van der Waals surface area contributed by atoms with Gasteiger partial charge in [-0.1, -0.05) is 0 Å². The number of rotatable bonds is 5. The van der Waals surface area contributed by atoms with Gasteiger partial charge in [0.1, 0.15) is 17.6 Å². The zero-order chi connectivity index (χ0) is 20.5. The Labute approximate surface area is 168 Å². The van der Waals surface area contributed by atoms with E-state index in [1.165, 1.54) is 34.4 Å². The Balaban J connectivity index is 1.82. The van der Waals surface area contributed by atoms with Crippen molar-refractivity contribution in [2.45, 2.75) is 29.5 Å². The fraction of sp³-hybridized carbons (Fsp3) is 0.389. The van der Waals surface area contributed by atoms with Gasteiger partial charge in [0.05, 0.1) is 11.4 Å². The molecule has 1 amide bonds. The Morgan fingerprint density at radius 1 is 1.32 bits per heavy atom. The number of carbonyl (C=O) groups is 1. The van der Waals surface area contributed by atoms with Crippen LogP contribution in [0.1, 0.15) is 13.8 Å². The second-order valence-corrected chi connectivity index (χ2v) is 10.6. The average Bonchev–Trinajstić information content (AvgIpc) is 2.63. The van der Waals surface area contributed by atoms with Crippen molar-refractivity contribution in [2.24, 2.45) is 5.73 Å². The van der Waals surface area contributed by atoms with E-state index in [9.17, 15) is 18.4 Å². The Hall–Kier alpha value is -2.01. The van der Waals surface area contributed by atoms with Crippen molar-refractivity contribution in [1.29, 1.82) is 0 Å². The first-order valence-corrected chi connectivity index (χ1v) is 11.1. The zero-order valence-corrected chi connectivity index (χ0v) is 17.2. The zero-order valence-electron chi connectivity index (χ0n) is 15.6. The van der Waals surface area contributed by atoms with Gasteiger partial charge < -0.3 is 10.5 Å². The van der Waals surface area contributed by atoms with Crippen LogP contribution in [0.25, 0.3) is 0 Å². The van der Waals surface area contributed by atoms with E-state index in [1.54, 1.807) is 24.3 Å². The van der Waals surface area contributed by atoms with Gasteiger partial charge >= 0.3 is 0 Å². The molecule has 3 N–H and O–H groups in total. The number of sulfonamides is 1. The maximum atomic E-state index is 13.1. The third kappa shape index (κ3) is 4.19. The molecular weight excluding hydrogens is 402 g/mol. The molecule has 0 radical (unpaired) electrons. The van der Waals surface area contributed by atoms with Crippen molar-refractivity contribution < 1.29 is 23.2 Å². The van der Waals surface area contributed by atoms with Gasteiger partial charge in [-0.05, 0) is 50.3 Å². The van der Waals surface area contributed by atoms with Gasteiger partial charge in [0.15, 0.2) is 0 Å². The minimum Gasteiger partial charge on any atom is -0.458 e. The fourth-order valence-corrected chi connectivity index (χ4v) is 6.32. The van der Waals surface area contributed by atoms with E-state index >= 15 is 0 Å². The number of ether oxygens (including phenoxy) is 1. The molecular formula is C18H23N3O5S2. The quantitative estimate of drug-likeness (QED) is 0.736. The van der Waals surface area contributed by atoms with Crippen LogP contribution < -0.4 is 10.5 Å². The van der Waals surface area contributed by atoms with E-state index < -0.39 is 26.7 Å². The number of amides is 1. The summed E-state index contributed by atoms with van der Waals surface area (Å²) in [5.41, 5.74) is 5.53. The minimum atomic E-state index is -3.89. The van der Waals surface area contributed by atoms with Crippen molar-refractivity contribution in [2.75, 3.05) is 18.8 Å². The molecule has 28 heavy (non-hydrogen) atoms. The maximum absolute atomic E-state index is 13.1. The number of hydroxylamine groups is 2. The molecule has 1 atom stereocenters. The molecule has 1 aromatic carbocycles. The summed E-state index contributed by atoms with van der Waals surface area (Å²) in [6, 6.07) is 5.07. The maximum Gasteiger partial charge on any atom is 0.243 e. The number of benzene rings is 1. The standard InChI is InChI=1S/C18H23N3O5S2/c1-18(2)16(17(19)22)21(11-12-27-18)28(24,25)15-5-3-13(4-6-15)26-14-7-9-20(23)10-8-14/h3-9,16,23H,10-12H2,1-2H3,(H2,19,22). The van der Waals surface area contributed by atoms with E-state index in [1.807, 2.05) is 13.8 Å². The van der Waals surface area contributed by atoms with Crippen molar-refractivity contribution in [3.8, 4) is 5.75 Å². The average molecular weight is 426 g/mol. The Kier molecular flexibility index (Phi) is 5.76. The van der Waals surface area contributed by atoms with E-state index in [0.29, 0.717) is 23.8 Å². The summed E-state index contributed by atoms with van der Waals surface area (Å²) in [5, 5.41) is 10.3. The number of thioether (sulfide) groups is 1. The lowest BCUT2D eigenvalue weighted by molar-refractivity contribution is -0.122. The highest BCUT2D eigenvalue weighted by atomic mass is 32.2. The molecule has 2 heterocycles. The van der Waals surface area contributed by atoms with Crippen LogP contribution in [0.2, 0.25) is 0 Å². The summed E-state index contributed by atoms with van der Waals surface area (Å²) in [5.74, 6) is 0.931. The van der Waals surface area contributed by atoms with Crippen molar-refractivity contribution in [3.05, 3.63) is 48.4 Å². The third-order valence-electron chi connectivity index (χ3n) is 4.56. The van der Waals surface area contributed by atoms with Gasteiger partial charge in [0, 0.05) is 23.2 Å². The predicted molar refractivity (Wildman–Crippen MR) is 106 cm³/mol. The SMILES string of the molecule is CC1(C)SCCN(S(=O)(=O)c2ccc(OC3=CCN(O)C=C3)cc2)C1C(N)=O. The first-order chi connectivity index (χ1) is 13.1. The van der Waals surface area contributed by atoms with Crippen molar-refractivity contribution >= 4 is 27.7 Å². The van der Waals surface area contributed by atoms with Gasteiger partial charge in [0.2, 0.25) is 15.9 Å². The van der Waals surface area contributed by atoms with E-state index in [0.717, 1.165) is 5.06 Å². The van der Waals surface area contributed by atoms with Gasteiger partial charge in [-0.3, -0.25) is 15.1 Å². The van der Waals surface area contributed by atoms with Crippen LogP contribution in [0.5, 0.6) is 5.75 Å². The summed E-state index contributed by atoms with van der Waals surface area (Å²) in [6.07, 6.45) is 4.75. The van der Waals surface area contributed by atoms with Crippen molar-refractivity contribution in [3.63, 3.8) is 0 Å². The lowest BCUT2D eigenvalue weighted by Gasteiger charge is -2.43. The van der Waals surface area contributed by atoms with Gasteiger partial charge in [-0.25, -0.2) is 8.42 Å². The lowest BCUT2D eigenvalue weighted by Crippen LogP contribution is -2.60. The number of hydrogen-bond acceptors (Lipinski definition) is 7. The Morgan fingerprint density at radius 2 is 2.00 bits per heavy atom. The summed E-state index contributed by atoms with van der Waals surface area (Å²) in [4.78, 5) is 12.1. The first-order valence-electron chi connectivity index (χ1n) is 8.68. The molecule has 1 saturated heterocycles. The lowest BCUT2D eigenvalue weighted by atomic mass is 10.0. The van der Waals surface area contributed by atoms with Gasteiger partial charge in [-0.2, -0.15) is 16.1 Å². The molecule has 2 aliphatic heterocycles. The van der Waals surface area contributed by atoms with Crippen molar-refractivity contribution in [1.82, 2.24) is 9.37 Å². The molecule has 1 unspecified atom stereocenters. The first kappa shape index (κ1) is 20.7. The van der Waals surface area contributed by atoms with Gasteiger partial charge in [-0.15, -0.1) is 0 Å². The number of nitrogens with zero attached hydrogens (tertiary/aromatic N) is 2. The topological polar surface area (TPSA) is 113 Å². The van der Waals surface area contributed by atoms with E-state index in [4.69, 9.17) is 10.5 Å². The highest BCUT2D eigenvalue weighted by Crippen LogP contribution is 2.38. The molecule has 0 saturated carbocycles. The summed E-state index contributed by atoms with van der Waals surface area (Å²) >= 11 is 1.53. The molecule has 1 aromatic rings. The molecule has 0 aromatic heterocycles. The van der Waals surface area contributed by atoms with E-state index in [-0.39, 0.29) is 11.4 Å². The number of carbonyl (C=O) groups excluding carboxylic acids is 1. The number of nitrogens with two attached hydrogens (primary N) is 1. The van der Waals surface area contributed by atoms with Crippen LogP contribution in [-0.2, 0) is 14.8 Å². The molecule has 1 fully saturated rings. The Morgan fingerprint density at radius 3 is 2.57 bits per heavy atom. The normalized spacial score (nSPS) is 22.6. The second kappa shape index (κ2) is 7.78. The smallest absolute Gasteiger partial charge is 0.243 e. The van der Waals surface area contributed by atoms with Crippen LogP contribution in [0.4, 0.5) is 0 Å². The molecule has 0 spiro atoms. The molecule has 3 rings (SSSR count). The predicted octanol–water partition coefficient (Wildman–Crippen LogP) is 1.54. The molecule has 0 aliphatic carbocycles. The molecule has 0 bridgehead atoms. The number of primary amides is 1. The molecule has 8 nitrogen and oxygen atoms in total. The fourth-order valence-electron chi connectivity index (χ4n) is 3.20.